The Balaban J connectivity index is 2.49. The number of rotatable bonds is 3. The predicted molar refractivity (Wildman–Crippen MR) is 76.2 cm³/mol. The molecule has 1 heterocycles. The van der Waals surface area contributed by atoms with Crippen LogP contribution >= 0.6 is 12.2 Å². The van der Waals surface area contributed by atoms with Gasteiger partial charge < -0.3 is 10.8 Å². The highest BCUT2D eigenvalue weighted by molar-refractivity contribution is 7.80. The molecule has 4 N–H and O–H groups in total. The zero-order valence-corrected chi connectivity index (χ0v) is 10.5. The van der Waals surface area contributed by atoms with Crippen LogP contribution in [0.1, 0.15) is 16.1 Å². The molecule has 0 saturated heterocycles. The zero-order chi connectivity index (χ0) is 13.8. The van der Waals surface area contributed by atoms with E-state index in [2.05, 4.69) is 27.7 Å². The lowest BCUT2D eigenvalue weighted by molar-refractivity contribution is 0.0699. The van der Waals surface area contributed by atoms with Crippen molar-refractivity contribution in [2.75, 3.05) is 0 Å². The van der Waals surface area contributed by atoms with Gasteiger partial charge >= 0.3 is 5.97 Å². The fourth-order valence-corrected chi connectivity index (χ4v) is 1.65. The summed E-state index contributed by atoms with van der Waals surface area (Å²) < 4.78 is 0. The second-order valence-corrected chi connectivity index (χ2v) is 4.09. The molecular weight excluding hydrogens is 264 g/mol. The van der Waals surface area contributed by atoms with Gasteiger partial charge in [-0.2, -0.15) is 5.10 Å². The maximum atomic E-state index is 11.2. The van der Waals surface area contributed by atoms with E-state index in [0.29, 0.717) is 16.6 Å². The summed E-state index contributed by atoms with van der Waals surface area (Å²) in [4.78, 5) is 15.5. The first-order chi connectivity index (χ1) is 9.08. The summed E-state index contributed by atoms with van der Waals surface area (Å²) in [6.45, 7) is 0. The van der Waals surface area contributed by atoms with Crippen LogP contribution in [0.2, 0.25) is 0 Å². The van der Waals surface area contributed by atoms with Gasteiger partial charge in [-0.15, -0.1) is 0 Å². The molecular formula is C12H10N4O2S. The molecule has 0 fully saturated rings. The molecule has 2 rings (SSSR count). The molecule has 0 amide bonds. The number of nitrogens with one attached hydrogen (secondary N) is 1. The minimum absolute atomic E-state index is 0.0236. The summed E-state index contributed by atoms with van der Waals surface area (Å²) in [5, 5.41) is 13.5. The van der Waals surface area contributed by atoms with Crippen LogP contribution in [0.4, 0.5) is 0 Å². The first kappa shape index (κ1) is 12.9. The number of carboxylic acid groups (broad SMARTS) is 1. The summed E-state index contributed by atoms with van der Waals surface area (Å²) in [5.74, 6) is -1.02. The number of pyridine rings is 1. The Kier molecular flexibility index (Phi) is 3.67. The summed E-state index contributed by atoms with van der Waals surface area (Å²) in [6.07, 6.45) is 1.36. The molecule has 0 bridgehead atoms. The standard InChI is InChI=1S/C12H10N4O2S/c13-12(19)16-14-6-7-5-9(11(17)18)8-3-1-2-4-10(8)15-7/h1-6H,(H,17,18)(H3,13,16,19). The first-order valence-electron chi connectivity index (χ1n) is 5.29. The topological polar surface area (TPSA) is 101 Å². The second kappa shape index (κ2) is 5.40. The molecule has 0 saturated carbocycles. The van der Waals surface area contributed by atoms with Crippen LogP contribution in [0.15, 0.2) is 35.4 Å². The lowest BCUT2D eigenvalue weighted by Gasteiger charge is -2.03. The first-order valence-corrected chi connectivity index (χ1v) is 5.70. The number of nitrogens with two attached hydrogens (primary N) is 1. The second-order valence-electron chi connectivity index (χ2n) is 3.65. The van der Waals surface area contributed by atoms with Gasteiger partial charge in [-0.05, 0) is 24.4 Å². The summed E-state index contributed by atoms with van der Waals surface area (Å²) in [7, 11) is 0. The molecule has 0 aliphatic carbocycles. The quantitative estimate of drug-likeness (QED) is 0.440. The van der Waals surface area contributed by atoms with Crippen molar-refractivity contribution in [3.63, 3.8) is 0 Å². The average molecular weight is 274 g/mol. The maximum Gasteiger partial charge on any atom is 0.336 e. The normalized spacial score (nSPS) is 10.7. The molecule has 0 aliphatic rings. The lowest BCUT2D eigenvalue weighted by Crippen LogP contribution is -2.24. The third kappa shape index (κ3) is 3.02. The average Bonchev–Trinajstić information content (AvgIpc) is 2.37. The maximum absolute atomic E-state index is 11.2. The van der Waals surface area contributed by atoms with Gasteiger partial charge in [0.25, 0.3) is 0 Å². The van der Waals surface area contributed by atoms with E-state index in [-0.39, 0.29) is 10.7 Å². The van der Waals surface area contributed by atoms with Crippen LogP contribution in [0.25, 0.3) is 10.9 Å². The Hall–Kier alpha value is -2.54. The van der Waals surface area contributed by atoms with E-state index in [1.165, 1.54) is 12.3 Å². The Labute approximate surface area is 113 Å². The van der Waals surface area contributed by atoms with E-state index < -0.39 is 5.97 Å². The van der Waals surface area contributed by atoms with Gasteiger partial charge in [0.2, 0.25) is 0 Å². The highest BCUT2D eigenvalue weighted by Gasteiger charge is 2.10. The number of carbonyl (C=O) groups is 1. The van der Waals surface area contributed by atoms with Crippen molar-refractivity contribution in [1.82, 2.24) is 10.4 Å². The van der Waals surface area contributed by atoms with Crippen molar-refractivity contribution < 1.29 is 9.90 Å². The number of thiocarbonyl (C=S) groups is 1. The van der Waals surface area contributed by atoms with Crippen LogP contribution in [-0.2, 0) is 0 Å². The van der Waals surface area contributed by atoms with Gasteiger partial charge in [-0.25, -0.2) is 9.78 Å². The Morgan fingerprint density at radius 1 is 1.47 bits per heavy atom. The molecule has 0 radical (unpaired) electrons. The number of aromatic carboxylic acids is 1. The number of para-hydroxylation sites is 1. The molecule has 0 unspecified atom stereocenters. The van der Waals surface area contributed by atoms with Gasteiger partial charge in [0.1, 0.15) is 0 Å². The van der Waals surface area contributed by atoms with Crippen LogP contribution in [-0.4, -0.2) is 27.4 Å². The number of carboxylic acids is 1. The number of nitrogens with zero attached hydrogens (tertiary/aromatic N) is 2. The molecule has 0 atom stereocenters. The molecule has 7 heteroatoms. The smallest absolute Gasteiger partial charge is 0.336 e. The van der Waals surface area contributed by atoms with Crippen molar-refractivity contribution in [2.24, 2.45) is 10.8 Å². The Bertz CT molecular complexity index is 684. The lowest BCUT2D eigenvalue weighted by atomic mass is 10.1. The third-order valence-corrected chi connectivity index (χ3v) is 2.43. The van der Waals surface area contributed by atoms with Crippen molar-refractivity contribution in [3.05, 3.63) is 41.6 Å². The molecule has 0 aliphatic heterocycles. The van der Waals surface area contributed by atoms with Gasteiger partial charge in [0, 0.05) is 5.39 Å². The molecule has 2 aromatic rings. The number of hydrazone groups is 1. The Morgan fingerprint density at radius 2 is 2.21 bits per heavy atom. The van der Waals surface area contributed by atoms with E-state index in [0.717, 1.165) is 0 Å². The molecule has 1 aromatic heterocycles. The zero-order valence-electron chi connectivity index (χ0n) is 9.70. The highest BCUT2D eigenvalue weighted by Crippen LogP contribution is 2.17. The molecule has 19 heavy (non-hydrogen) atoms. The van der Waals surface area contributed by atoms with Crippen molar-refractivity contribution in [1.29, 1.82) is 0 Å². The predicted octanol–water partition coefficient (Wildman–Crippen LogP) is 1.10. The third-order valence-electron chi connectivity index (χ3n) is 2.34. The van der Waals surface area contributed by atoms with E-state index in [9.17, 15) is 9.90 Å². The van der Waals surface area contributed by atoms with Crippen molar-refractivity contribution in [3.8, 4) is 0 Å². The van der Waals surface area contributed by atoms with Gasteiger partial charge in [-0.3, -0.25) is 5.43 Å². The van der Waals surface area contributed by atoms with Crippen LogP contribution in [0.5, 0.6) is 0 Å². The van der Waals surface area contributed by atoms with E-state index in [1.807, 2.05) is 0 Å². The molecule has 96 valence electrons. The fourth-order valence-electron chi connectivity index (χ4n) is 1.60. The number of benzene rings is 1. The monoisotopic (exact) mass is 274 g/mol. The van der Waals surface area contributed by atoms with Crippen LogP contribution in [0.3, 0.4) is 0 Å². The van der Waals surface area contributed by atoms with Gasteiger partial charge in [0.15, 0.2) is 5.11 Å². The minimum Gasteiger partial charge on any atom is -0.478 e. The number of aromatic nitrogens is 1. The van der Waals surface area contributed by atoms with E-state index >= 15 is 0 Å². The largest absolute Gasteiger partial charge is 0.478 e. The number of hydrogen-bond acceptors (Lipinski definition) is 4. The molecule has 1 aromatic carbocycles. The molecule has 0 spiro atoms. The number of hydrogen-bond donors (Lipinski definition) is 3. The molecule has 6 nitrogen and oxygen atoms in total. The van der Waals surface area contributed by atoms with E-state index in [1.54, 1.807) is 24.3 Å². The van der Waals surface area contributed by atoms with Gasteiger partial charge in [-0.1, -0.05) is 18.2 Å². The summed E-state index contributed by atoms with van der Waals surface area (Å²) >= 11 is 4.59. The highest BCUT2D eigenvalue weighted by atomic mass is 32.1. The number of fused-ring (bicyclic) bond motifs is 1. The Morgan fingerprint density at radius 3 is 2.89 bits per heavy atom. The van der Waals surface area contributed by atoms with Crippen LogP contribution < -0.4 is 11.2 Å². The van der Waals surface area contributed by atoms with Gasteiger partial charge in [0.05, 0.1) is 23.0 Å². The fraction of sp³-hybridized carbons (Fsp3) is 0. The SMILES string of the molecule is NC(=S)NN=Cc1cc(C(=O)O)c2ccccc2n1. The van der Waals surface area contributed by atoms with E-state index in [4.69, 9.17) is 5.73 Å². The van der Waals surface area contributed by atoms with Crippen molar-refractivity contribution >= 4 is 40.4 Å². The van der Waals surface area contributed by atoms with Crippen LogP contribution in [0, 0.1) is 0 Å². The summed E-state index contributed by atoms with van der Waals surface area (Å²) in [6, 6.07) is 8.43. The minimum atomic E-state index is -1.02. The summed E-state index contributed by atoms with van der Waals surface area (Å²) in [5.41, 5.74) is 8.75. The van der Waals surface area contributed by atoms with Crippen molar-refractivity contribution in [2.45, 2.75) is 0 Å².